The lowest BCUT2D eigenvalue weighted by Gasteiger charge is -1.98. The van der Waals surface area contributed by atoms with Crippen molar-refractivity contribution in [3.8, 4) is 6.07 Å². The number of furan rings is 1. The number of hydrogen-bond acceptors (Lipinski definition) is 3. The van der Waals surface area contributed by atoms with Crippen LogP contribution in [-0.4, -0.2) is 12.5 Å². The van der Waals surface area contributed by atoms with Crippen molar-refractivity contribution >= 4 is 21.8 Å². The van der Waals surface area contributed by atoms with Crippen LogP contribution in [0.3, 0.4) is 0 Å². The molecule has 0 aromatic carbocycles. The molecule has 0 saturated carbocycles. The van der Waals surface area contributed by atoms with Crippen molar-refractivity contribution in [1.82, 2.24) is 5.32 Å². The Labute approximate surface area is 83.7 Å². The van der Waals surface area contributed by atoms with Gasteiger partial charge in [-0.3, -0.25) is 4.79 Å². The Morgan fingerprint density at radius 2 is 2.54 bits per heavy atom. The van der Waals surface area contributed by atoms with Crippen molar-refractivity contribution in [3.05, 3.63) is 22.6 Å². The summed E-state index contributed by atoms with van der Waals surface area (Å²) in [6, 6.07) is 3.56. The Kier molecular flexibility index (Phi) is 3.53. The normalized spacial score (nSPS) is 9.23. The zero-order chi connectivity index (χ0) is 9.68. The Balaban J connectivity index is 2.50. The fourth-order valence-corrected chi connectivity index (χ4v) is 1.15. The van der Waals surface area contributed by atoms with Crippen molar-refractivity contribution < 1.29 is 9.21 Å². The molecule has 1 N–H and O–H groups in total. The van der Waals surface area contributed by atoms with Crippen LogP contribution in [0, 0.1) is 11.3 Å². The predicted molar refractivity (Wildman–Crippen MR) is 49.0 cm³/mol. The molecule has 1 heterocycles. The summed E-state index contributed by atoms with van der Waals surface area (Å²) in [6.45, 7) is 0.336. The summed E-state index contributed by atoms with van der Waals surface area (Å²) in [7, 11) is 0. The standard InChI is InChI=1S/C8H7BrN2O2/c9-6-2-5-13-7(6)8(12)11-4-1-3-10/h2,5H,1,4H2,(H,11,12). The number of carbonyl (C=O) groups excluding carboxylic acids is 1. The van der Waals surface area contributed by atoms with Crippen LogP contribution in [0.1, 0.15) is 17.0 Å². The molecule has 0 spiro atoms. The highest BCUT2D eigenvalue weighted by Gasteiger charge is 2.12. The monoisotopic (exact) mass is 242 g/mol. The average Bonchev–Trinajstić information content (AvgIpc) is 2.52. The van der Waals surface area contributed by atoms with Gasteiger partial charge in [0.25, 0.3) is 5.91 Å². The van der Waals surface area contributed by atoms with Crippen LogP contribution in [-0.2, 0) is 0 Å². The molecule has 1 aromatic heterocycles. The van der Waals surface area contributed by atoms with E-state index in [-0.39, 0.29) is 11.7 Å². The summed E-state index contributed by atoms with van der Waals surface area (Å²) in [5.41, 5.74) is 0. The zero-order valence-corrected chi connectivity index (χ0v) is 8.30. The minimum absolute atomic E-state index is 0.234. The molecule has 0 bridgehead atoms. The second-order valence-electron chi connectivity index (χ2n) is 2.26. The molecule has 0 unspecified atom stereocenters. The molecule has 0 saturated heterocycles. The molecule has 4 nitrogen and oxygen atoms in total. The SMILES string of the molecule is N#CCCNC(=O)c1occc1Br. The van der Waals surface area contributed by atoms with Gasteiger partial charge in [0.05, 0.1) is 23.2 Å². The van der Waals surface area contributed by atoms with Crippen molar-refractivity contribution in [3.63, 3.8) is 0 Å². The van der Waals surface area contributed by atoms with E-state index in [1.54, 1.807) is 6.07 Å². The lowest BCUT2D eigenvalue weighted by molar-refractivity contribution is 0.0926. The molecule has 0 atom stereocenters. The van der Waals surface area contributed by atoms with E-state index in [1.807, 2.05) is 6.07 Å². The largest absolute Gasteiger partial charge is 0.458 e. The quantitative estimate of drug-likeness (QED) is 0.821. The maximum atomic E-state index is 11.3. The number of halogens is 1. The number of nitriles is 1. The summed E-state index contributed by atoms with van der Waals surface area (Å²) in [6.07, 6.45) is 1.72. The first-order chi connectivity index (χ1) is 6.25. The topological polar surface area (TPSA) is 66.0 Å². The van der Waals surface area contributed by atoms with Gasteiger partial charge in [0.15, 0.2) is 0 Å². The first kappa shape index (κ1) is 9.81. The average molecular weight is 243 g/mol. The third-order valence-corrected chi connectivity index (χ3v) is 1.97. The molecule has 0 radical (unpaired) electrons. The molecule has 0 aliphatic heterocycles. The summed E-state index contributed by atoms with van der Waals surface area (Å²) in [4.78, 5) is 11.3. The molecule has 0 aliphatic rings. The van der Waals surface area contributed by atoms with E-state index < -0.39 is 0 Å². The molecular formula is C8H7BrN2O2. The molecule has 68 valence electrons. The molecule has 13 heavy (non-hydrogen) atoms. The third kappa shape index (κ3) is 2.60. The maximum absolute atomic E-state index is 11.3. The van der Waals surface area contributed by atoms with Crippen LogP contribution >= 0.6 is 15.9 Å². The minimum atomic E-state index is -0.313. The van der Waals surface area contributed by atoms with Crippen LogP contribution in [0.4, 0.5) is 0 Å². The molecule has 1 amide bonds. The first-order valence-electron chi connectivity index (χ1n) is 3.64. The molecule has 1 aromatic rings. The summed E-state index contributed by atoms with van der Waals surface area (Å²) < 4.78 is 5.53. The van der Waals surface area contributed by atoms with Gasteiger partial charge in [-0.05, 0) is 22.0 Å². The van der Waals surface area contributed by atoms with Gasteiger partial charge in [-0.2, -0.15) is 5.26 Å². The zero-order valence-electron chi connectivity index (χ0n) is 6.71. The Hall–Kier alpha value is -1.28. The summed E-state index contributed by atoms with van der Waals surface area (Å²) in [5.74, 6) is -0.0786. The highest BCUT2D eigenvalue weighted by atomic mass is 79.9. The minimum Gasteiger partial charge on any atom is -0.458 e. The van der Waals surface area contributed by atoms with Crippen LogP contribution in [0.25, 0.3) is 0 Å². The predicted octanol–water partition coefficient (Wildman–Crippen LogP) is 1.69. The van der Waals surface area contributed by atoms with Gasteiger partial charge in [0.1, 0.15) is 0 Å². The van der Waals surface area contributed by atoms with Crippen molar-refractivity contribution in [2.75, 3.05) is 6.54 Å². The van der Waals surface area contributed by atoms with Gasteiger partial charge in [0, 0.05) is 6.54 Å². The third-order valence-electron chi connectivity index (χ3n) is 1.35. The van der Waals surface area contributed by atoms with Crippen molar-refractivity contribution in [2.24, 2.45) is 0 Å². The van der Waals surface area contributed by atoms with Crippen LogP contribution in [0.15, 0.2) is 21.2 Å². The molecular weight excluding hydrogens is 236 g/mol. The van der Waals surface area contributed by atoms with E-state index in [1.165, 1.54) is 6.26 Å². The smallest absolute Gasteiger partial charge is 0.288 e. The fraction of sp³-hybridized carbons (Fsp3) is 0.250. The second kappa shape index (κ2) is 4.67. The maximum Gasteiger partial charge on any atom is 0.288 e. The van der Waals surface area contributed by atoms with E-state index in [0.717, 1.165) is 0 Å². The van der Waals surface area contributed by atoms with E-state index >= 15 is 0 Å². The van der Waals surface area contributed by atoms with Gasteiger partial charge in [-0.1, -0.05) is 0 Å². The van der Waals surface area contributed by atoms with Crippen LogP contribution in [0.2, 0.25) is 0 Å². The second-order valence-corrected chi connectivity index (χ2v) is 3.12. The van der Waals surface area contributed by atoms with E-state index in [2.05, 4.69) is 21.2 Å². The number of nitrogens with one attached hydrogen (secondary N) is 1. The molecule has 0 aliphatic carbocycles. The number of amides is 1. The Morgan fingerprint density at radius 1 is 1.77 bits per heavy atom. The fourth-order valence-electron chi connectivity index (χ4n) is 0.768. The summed E-state index contributed by atoms with van der Waals surface area (Å²) >= 11 is 3.16. The van der Waals surface area contributed by atoms with Gasteiger partial charge < -0.3 is 9.73 Å². The number of nitrogens with zero attached hydrogens (tertiary/aromatic N) is 1. The van der Waals surface area contributed by atoms with E-state index in [9.17, 15) is 4.79 Å². The summed E-state index contributed by atoms with van der Waals surface area (Å²) in [5, 5.41) is 10.8. The molecule has 5 heteroatoms. The van der Waals surface area contributed by atoms with Gasteiger partial charge in [-0.15, -0.1) is 0 Å². The highest BCUT2D eigenvalue weighted by molar-refractivity contribution is 9.10. The van der Waals surface area contributed by atoms with Crippen LogP contribution < -0.4 is 5.32 Å². The Morgan fingerprint density at radius 3 is 3.08 bits per heavy atom. The van der Waals surface area contributed by atoms with Crippen molar-refractivity contribution in [2.45, 2.75) is 6.42 Å². The number of carbonyl (C=O) groups is 1. The van der Waals surface area contributed by atoms with Crippen molar-refractivity contribution in [1.29, 1.82) is 5.26 Å². The van der Waals surface area contributed by atoms with Gasteiger partial charge in [0.2, 0.25) is 5.76 Å². The number of rotatable bonds is 3. The highest BCUT2D eigenvalue weighted by Crippen LogP contribution is 2.16. The van der Waals surface area contributed by atoms with E-state index in [0.29, 0.717) is 17.4 Å². The van der Waals surface area contributed by atoms with E-state index in [4.69, 9.17) is 9.68 Å². The molecule has 0 fully saturated rings. The van der Waals surface area contributed by atoms with Crippen LogP contribution in [0.5, 0.6) is 0 Å². The molecule has 1 rings (SSSR count). The first-order valence-corrected chi connectivity index (χ1v) is 4.43. The van der Waals surface area contributed by atoms with Gasteiger partial charge in [-0.25, -0.2) is 0 Å². The number of hydrogen-bond donors (Lipinski definition) is 1. The van der Waals surface area contributed by atoms with Gasteiger partial charge >= 0.3 is 0 Å². The lowest BCUT2D eigenvalue weighted by atomic mass is 10.4. The lowest BCUT2D eigenvalue weighted by Crippen LogP contribution is -2.23. The Bertz CT molecular complexity index is 340.